The maximum Gasteiger partial charge on any atom is 0.124 e. The summed E-state index contributed by atoms with van der Waals surface area (Å²) in [5, 5.41) is 0. The molecule has 0 unspecified atom stereocenters. The van der Waals surface area contributed by atoms with Crippen LogP contribution in [0.15, 0.2) is 36.0 Å². The molecule has 84 valence electrons. The molecule has 4 heteroatoms. The Hall–Kier alpha value is -1.39. The van der Waals surface area contributed by atoms with Crippen LogP contribution < -0.4 is 10.5 Å². The molecule has 0 saturated carbocycles. The average Bonchev–Trinajstić information content (AvgIpc) is 2.81. The topological polar surface area (TPSA) is 48.1 Å². The van der Waals surface area contributed by atoms with Gasteiger partial charge in [-0.15, -0.1) is 11.3 Å². The number of ether oxygens (including phenoxy) is 1. The molecule has 16 heavy (non-hydrogen) atoms. The first-order chi connectivity index (χ1) is 7.90. The average molecular weight is 234 g/mol. The summed E-state index contributed by atoms with van der Waals surface area (Å²) >= 11 is 1.60. The summed E-state index contributed by atoms with van der Waals surface area (Å²) < 4.78 is 5.75. The van der Waals surface area contributed by atoms with E-state index in [0.29, 0.717) is 13.2 Å². The highest BCUT2D eigenvalue weighted by atomic mass is 32.1. The Labute approximate surface area is 98.9 Å². The van der Waals surface area contributed by atoms with E-state index in [0.717, 1.165) is 22.6 Å². The molecule has 0 fully saturated rings. The van der Waals surface area contributed by atoms with E-state index < -0.39 is 0 Å². The van der Waals surface area contributed by atoms with Crippen LogP contribution in [0.5, 0.6) is 5.75 Å². The minimum absolute atomic E-state index is 0.576. The lowest BCUT2D eigenvalue weighted by atomic mass is 10.1. The van der Waals surface area contributed by atoms with Gasteiger partial charge in [-0.2, -0.15) is 0 Å². The molecule has 0 amide bonds. The SMILES string of the molecule is NCCc1ccccc1OCc1cncs1. The Balaban J connectivity index is 2.03. The zero-order valence-corrected chi connectivity index (χ0v) is 9.74. The smallest absolute Gasteiger partial charge is 0.124 e. The fourth-order valence-corrected chi connectivity index (χ4v) is 1.97. The number of nitrogens with zero attached hydrogens (tertiary/aromatic N) is 1. The summed E-state index contributed by atoms with van der Waals surface area (Å²) in [6, 6.07) is 8.01. The van der Waals surface area contributed by atoms with Gasteiger partial charge in [-0.1, -0.05) is 18.2 Å². The van der Waals surface area contributed by atoms with Crippen LogP contribution in [0.2, 0.25) is 0 Å². The zero-order chi connectivity index (χ0) is 11.2. The number of para-hydroxylation sites is 1. The Kier molecular flexibility index (Phi) is 3.91. The van der Waals surface area contributed by atoms with E-state index in [-0.39, 0.29) is 0 Å². The molecule has 0 saturated heterocycles. The van der Waals surface area contributed by atoms with Crippen LogP contribution in [-0.2, 0) is 13.0 Å². The van der Waals surface area contributed by atoms with Crippen molar-refractivity contribution in [2.24, 2.45) is 5.73 Å². The van der Waals surface area contributed by atoms with Gasteiger partial charge in [-0.25, -0.2) is 0 Å². The monoisotopic (exact) mass is 234 g/mol. The normalized spacial score (nSPS) is 10.3. The molecular weight excluding hydrogens is 220 g/mol. The second-order valence-electron chi connectivity index (χ2n) is 3.40. The summed E-state index contributed by atoms with van der Waals surface area (Å²) in [6.45, 7) is 1.22. The highest BCUT2D eigenvalue weighted by Crippen LogP contribution is 2.20. The molecule has 2 rings (SSSR count). The fraction of sp³-hybridized carbons (Fsp3) is 0.250. The zero-order valence-electron chi connectivity index (χ0n) is 8.93. The lowest BCUT2D eigenvalue weighted by Crippen LogP contribution is -2.05. The summed E-state index contributed by atoms with van der Waals surface area (Å²) in [6.07, 6.45) is 2.68. The molecule has 0 atom stereocenters. The summed E-state index contributed by atoms with van der Waals surface area (Å²) in [5.41, 5.74) is 8.53. The first-order valence-corrected chi connectivity index (χ1v) is 6.06. The second kappa shape index (κ2) is 5.63. The van der Waals surface area contributed by atoms with Crippen LogP contribution >= 0.6 is 11.3 Å². The molecule has 3 nitrogen and oxygen atoms in total. The number of benzene rings is 1. The molecule has 0 radical (unpaired) electrons. The van der Waals surface area contributed by atoms with Gasteiger partial charge in [0.05, 0.1) is 10.4 Å². The summed E-state index contributed by atoms with van der Waals surface area (Å²) in [7, 11) is 0. The molecule has 0 aliphatic rings. The summed E-state index contributed by atoms with van der Waals surface area (Å²) in [5.74, 6) is 0.918. The van der Waals surface area contributed by atoms with E-state index in [1.807, 2.05) is 29.9 Å². The van der Waals surface area contributed by atoms with Gasteiger partial charge in [0.25, 0.3) is 0 Å². The van der Waals surface area contributed by atoms with E-state index in [9.17, 15) is 0 Å². The molecular formula is C12H14N2OS. The lowest BCUT2D eigenvalue weighted by molar-refractivity contribution is 0.306. The van der Waals surface area contributed by atoms with Crippen LogP contribution in [-0.4, -0.2) is 11.5 Å². The molecule has 2 aromatic rings. The van der Waals surface area contributed by atoms with Crippen molar-refractivity contribution >= 4 is 11.3 Å². The van der Waals surface area contributed by atoms with Crippen LogP contribution in [0.1, 0.15) is 10.4 Å². The molecule has 1 aromatic heterocycles. The van der Waals surface area contributed by atoms with E-state index in [1.165, 1.54) is 0 Å². The van der Waals surface area contributed by atoms with Crippen molar-refractivity contribution in [2.45, 2.75) is 13.0 Å². The number of rotatable bonds is 5. The quantitative estimate of drug-likeness (QED) is 0.863. The third kappa shape index (κ3) is 2.81. The highest BCUT2D eigenvalue weighted by molar-refractivity contribution is 7.09. The van der Waals surface area contributed by atoms with Gasteiger partial charge in [0.2, 0.25) is 0 Å². The van der Waals surface area contributed by atoms with Crippen molar-refractivity contribution in [3.63, 3.8) is 0 Å². The van der Waals surface area contributed by atoms with Gasteiger partial charge in [-0.3, -0.25) is 4.98 Å². The van der Waals surface area contributed by atoms with E-state index >= 15 is 0 Å². The van der Waals surface area contributed by atoms with Crippen LogP contribution in [0, 0.1) is 0 Å². The van der Waals surface area contributed by atoms with E-state index in [2.05, 4.69) is 11.1 Å². The highest BCUT2D eigenvalue weighted by Gasteiger charge is 2.02. The van der Waals surface area contributed by atoms with E-state index in [4.69, 9.17) is 10.5 Å². The van der Waals surface area contributed by atoms with Gasteiger partial charge in [-0.05, 0) is 24.6 Å². The molecule has 0 aliphatic heterocycles. The Bertz CT molecular complexity index is 428. The van der Waals surface area contributed by atoms with Crippen LogP contribution in [0.3, 0.4) is 0 Å². The van der Waals surface area contributed by atoms with Crippen molar-refractivity contribution < 1.29 is 4.74 Å². The molecule has 0 bridgehead atoms. The van der Waals surface area contributed by atoms with Crippen LogP contribution in [0.4, 0.5) is 0 Å². The van der Waals surface area contributed by atoms with Gasteiger partial charge in [0, 0.05) is 6.20 Å². The molecule has 1 aromatic carbocycles. The summed E-state index contributed by atoms with van der Waals surface area (Å²) in [4.78, 5) is 5.14. The Morgan fingerprint density at radius 3 is 2.94 bits per heavy atom. The molecule has 1 heterocycles. The standard InChI is InChI=1S/C12H14N2OS/c13-6-5-10-3-1-2-4-12(10)15-8-11-7-14-9-16-11/h1-4,7,9H,5-6,8,13H2. The first kappa shape index (κ1) is 11.1. The number of nitrogens with two attached hydrogens (primary N) is 1. The maximum atomic E-state index is 5.75. The number of hydrogen-bond donors (Lipinski definition) is 1. The van der Waals surface area contributed by atoms with Crippen molar-refractivity contribution in [2.75, 3.05) is 6.54 Å². The second-order valence-corrected chi connectivity index (χ2v) is 4.37. The van der Waals surface area contributed by atoms with Crippen molar-refractivity contribution in [1.29, 1.82) is 0 Å². The predicted molar refractivity (Wildman–Crippen MR) is 65.6 cm³/mol. The first-order valence-electron chi connectivity index (χ1n) is 5.18. The van der Waals surface area contributed by atoms with Gasteiger partial charge >= 0.3 is 0 Å². The predicted octanol–water partition coefficient (Wildman–Crippen LogP) is 2.22. The van der Waals surface area contributed by atoms with Crippen molar-refractivity contribution in [3.8, 4) is 5.75 Å². The third-order valence-electron chi connectivity index (χ3n) is 2.24. The number of hydrogen-bond acceptors (Lipinski definition) is 4. The minimum Gasteiger partial charge on any atom is -0.488 e. The number of thiazole rings is 1. The third-order valence-corrected chi connectivity index (χ3v) is 2.99. The Morgan fingerprint density at radius 1 is 1.31 bits per heavy atom. The van der Waals surface area contributed by atoms with Gasteiger partial charge < -0.3 is 10.5 Å². The van der Waals surface area contributed by atoms with Gasteiger partial charge in [0.1, 0.15) is 12.4 Å². The molecule has 0 aliphatic carbocycles. The number of aromatic nitrogens is 1. The largest absolute Gasteiger partial charge is 0.488 e. The molecule has 0 spiro atoms. The van der Waals surface area contributed by atoms with Crippen molar-refractivity contribution in [3.05, 3.63) is 46.4 Å². The van der Waals surface area contributed by atoms with Crippen molar-refractivity contribution in [1.82, 2.24) is 4.98 Å². The fourth-order valence-electron chi connectivity index (χ4n) is 1.47. The van der Waals surface area contributed by atoms with E-state index in [1.54, 1.807) is 11.3 Å². The van der Waals surface area contributed by atoms with Crippen LogP contribution in [0.25, 0.3) is 0 Å². The maximum absolute atomic E-state index is 5.75. The van der Waals surface area contributed by atoms with Gasteiger partial charge in [0.15, 0.2) is 0 Å². The Morgan fingerprint density at radius 2 is 2.19 bits per heavy atom. The lowest BCUT2D eigenvalue weighted by Gasteiger charge is -2.09. The molecule has 2 N–H and O–H groups in total. The minimum atomic E-state index is 0.576.